The molecule has 0 amide bonds. The standard InChI is InChI=1S/C12H13N3O2/c1-15-8-10(9-3-2-6-13-7-9)14-11(15)4-5-12(16)17/h2-3,6-8H,4-5H2,1H3,(H,16,17). The smallest absolute Gasteiger partial charge is 0.303 e. The lowest BCUT2D eigenvalue weighted by Crippen LogP contribution is -2.02. The molecule has 2 aromatic heterocycles. The molecular formula is C12H13N3O2. The second-order valence-electron chi connectivity index (χ2n) is 3.79. The van der Waals surface area contributed by atoms with Crippen LogP contribution in [-0.4, -0.2) is 25.6 Å². The minimum Gasteiger partial charge on any atom is -0.481 e. The van der Waals surface area contributed by atoms with Crippen LogP contribution in [0.15, 0.2) is 30.7 Å². The van der Waals surface area contributed by atoms with E-state index in [9.17, 15) is 4.79 Å². The summed E-state index contributed by atoms with van der Waals surface area (Å²) >= 11 is 0. The molecule has 2 rings (SSSR count). The zero-order valence-electron chi connectivity index (χ0n) is 9.50. The zero-order valence-corrected chi connectivity index (χ0v) is 9.50. The Labute approximate surface area is 98.8 Å². The molecule has 2 aromatic rings. The third-order valence-corrected chi connectivity index (χ3v) is 2.49. The van der Waals surface area contributed by atoms with E-state index in [1.165, 1.54) is 0 Å². The van der Waals surface area contributed by atoms with Gasteiger partial charge in [0, 0.05) is 37.6 Å². The molecule has 2 heterocycles. The molecule has 5 heteroatoms. The van der Waals surface area contributed by atoms with E-state index < -0.39 is 5.97 Å². The fraction of sp³-hybridized carbons (Fsp3) is 0.250. The van der Waals surface area contributed by atoms with Gasteiger partial charge in [-0.2, -0.15) is 0 Å². The van der Waals surface area contributed by atoms with Gasteiger partial charge in [-0.25, -0.2) is 4.98 Å². The van der Waals surface area contributed by atoms with Gasteiger partial charge >= 0.3 is 5.97 Å². The van der Waals surface area contributed by atoms with Crippen molar-refractivity contribution in [2.75, 3.05) is 0 Å². The van der Waals surface area contributed by atoms with Gasteiger partial charge in [0.2, 0.25) is 0 Å². The van der Waals surface area contributed by atoms with Crippen molar-refractivity contribution in [3.8, 4) is 11.3 Å². The molecule has 0 saturated carbocycles. The summed E-state index contributed by atoms with van der Waals surface area (Å²) in [4.78, 5) is 19.0. The number of hydrogen-bond acceptors (Lipinski definition) is 3. The number of nitrogens with zero attached hydrogens (tertiary/aromatic N) is 3. The number of pyridine rings is 1. The van der Waals surface area contributed by atoms with Crippen molar-refractivity contribution in [3.05, 3.63) is 36.5 Å². The third-order valence-electron chi connectivity index (χ3n) is 2.49. The lowest BCUT2D eigenvalue weighted by atomic mass is 10.2. The summed E-state index contributed by atoms with van der Waals surface area (Å²) in [6, 6.07) is 3.78. The van der Waals surface area contributed by atoms with Crippen LogP contribution >= 0.6 is 0 Å². The number of carboxylic acid groups (broad SMARTS) is 1. The van der Waals surface area contributed by atoms with Gasteiger partial charge in [0.1, 0.15) is 5.82 Å². The van der Waals surface area contributed by atoms with Crippen LogP contribution in [0.1, 0.15) is 12.2 Å². The quantitative estimate of drug-likeness (QED) is 0.865. The minimum atomic E-state index is -0.809. The average molecular weight is 231 g/mol. The maximum absolute atomic E-state index is 10.5. The number of aryl methyl sites for hydroxylation is 2. The van der Waals surface area contributed by atoms with Crippen molar-refractivity contribution in [3.63, 3.8) is 0 Å². The van der Waals surface area contributed by atoms with Crippen LogP contribution in [0.5, 0.6) is 0 Å². The summed E-state index contributed by atoms with van der Waals surface area (Å²) in [5, 5.41) is 8.64. The lowest BCUT2D eigenvalue weighted by molar-refractivity contribution is -0.137. The molecule has 0 spiro atoms. The first kappa shape index (κ1) is 11.3. The molecule has 0 saturated heterocycles. The molecule has 17 heavy (non-hydrogen) atoms. The van der Waals surface area contributed by atoms with E-state index in [-0.39, 0.29) is 6.42 Å². The van der Waals surface area contributed by atoms with Crippen LogP contribution in [0.25, 0.3) is 11.3 Å². The Morgan fingerprint density at radius 2 is 2.35 bits per heavy atom. The highest BCUT2D eigenvalue weighted by atomic mass is 16.4. The molecular weight excluding hydrogens is 218 g/mol. The molecule has 5 nitrogen and oxygen atoms in total. The van der Waals surface area contributed by atoms with Gasteiger partial charge in [0.25, 0.3) is 0 Å². The van der Waals surface area contributed by atoms with Crippen LogP contribution in [0.3, 0.4) is 0 Å². The van der Waals surface area contributed by atoms with Gasteiger partial charge in [-0.1, -0.05) is 0 Å². The van der Waals surface area contributed by atoms with Crippen LogP contribution < -0.4 is 0 Å². The highest BCUT2D eigenvalue weighted by molar-refractivity contribution is 5.67. The Hall–Kier alpha value is -2.17. The van der Waals surface area contributed by atoms with E-state index in [1.54, 1.807) is 12.4 Å². The lowest BCUT2D eigenvalue weighted by Gasteiger charge is -1.97. The maximum Gasteiger partial charge on any atom is 0.303 e. The fourth-order valence-corrected chi connectivity index (χ4v) is 1.61. The number of imidazole rings is 1. The summed E-state index contributed by atoms with van der Waals surface area (Å²) < 4.78 is 1.85. The van der Waals surface area contributed by atoms with Gasteiger partial charge in [0.15, 0.2) is 0 Å². The fourth-order valence-electron chi connectivity index (χ4n) is 1.61. The van der Waals surface area contributed by atoms with Gasteiger partial charge < -0.3 is 9.67 Å². The number of rotatable bonds is 4. The highest BCUT2D eigenvalue weighted by Crippen LogP contribution is 2.17. The predicted octanol–water partition coefficient (Wildman–Crippen LogP) is 1.50. The predicted molar refractivity (Wildman–Crippen MR) is 62.4 cm³/mol. The van der Waals surface area contributed by atoms with Gasteiger partial charge in [-0.15, -0.1) is 0 Å². The number of aromatic nitrogens is 3. The first-order valence-corrected chi connectivity index (χ1v) is 5.31. The Morgan fingerprint density at radius 3 is 3.00 bits per heavy atom. The molecule has 0 aromatic carbocycles. The van der Waals surface area contributed by atoms with Crippen LogP contribution in [0.4, 0.5) is 0 Å². The van der Waals surface area contributed by atoms with Crippen molar-refractivity contribution in [2.45, 2.75) is 12.8 Å². The van der Waals surface area contributed by atoms with Crippen LogP contribution in [-0.2, 0) is 18.3 Å². The molecule has 0 aliphatic heterocycles. The van der Waals surface area contributed by atoms with E-state index in [4.69, 9.17) is 5.11 Å². The summed E-state index contributed by atoms with van der Waals surface area (Å²) in [5.74, 6) is -0.0396. The second kappa shape index (κ2) is 4.78. The van der Waals surface area contributed by atoms with Crippen LogP contribution in [0, 0.1) is 0 Å². The maximum atomic E-state index is 10.5. The summed E-state index contributed by atoms with van der Waals surface area (Å²) in [6.45, 7) is 0. The molecule has 0 bridgehead atoms. The highest BCUT2D eigenvalue weighted by Gasteiger charge is 2.08. The second-order valence-corrected chi connectivity index (χ2v) is 3.79. The zero-order chi connectivity index (χ0) is 12.3. The van der Waals surface area contributed by atoms with Gasteiger partial charge in [-0.05, 0) is 12.1 Å². The van der Waals surface area contributed by atoms with Crippen molar-refractivity contribution in [1.29, 1.82) is 0 Å². The van der Waals surface area contributed by atoms with Crippen molar-refractivity contribution in [1.82, 2.24) is 14.5 Å². The van der Waals surface area contributed by atoms with E-state index in [0.29, 0.717) is 6.42 Å². The van der Waals surface area contributed by atoms with Gasteiger partial charge in [-0.3, -0.25) is 9.78 Å². The molecule has 1 N–H and O–H groups in total. The molecule has 0 unspecified atom stereocenters. The molecule has 0 aliphatic carbocycles. The van der Waals surface area contributed by atoms with E-state index >= 15 is 0 Å². The number of carbonyl (C=O) groups is 1. The number of hydrogen-bond donors (Lipinski definition) is 1. The largest absolute Gasteiger partial charge is 0.481 e. The van der Waals surface area contributed by atoms with E-state index in [0.717, 1.165) is 17.1 Å². The Morgan fingerprint density at radius 1 is 1.53 bits per heavy atom. The van der Waals surface area contributed by atoms with Crippen molar-refractivity contribution < 1.29 is 9.90 Å². The molecule has 88 valence electrons. The molecule has 0 fully saturated rings. The van der Waals surface area contributed by atoms with Gasteiger partial charge in [0.05, 0.1) is 12.1 Å². The topological polar surface area (TPSA) is 68.0 Å². The van der Waals surface area contributed by atoms with Crippen molar-refractivity contribution >= 4 is 5.97 Å². The SMILES string of the molecule is Cn1cc(-c2cccnc2)nc1CCC(=O)O. The van der Waals surface area contributed by atoms with Crippen molar-refractivity contribution in [2.24, 2.45) is 7.05 Å². The van der Waals surface area contributed by atoms with Crippen LogP contribution in [0.2, 0.25) is 0 Å². The summed E-state index contributed by atoms with van der Waals surface area (Å²) in [7, 11) is 1.87. The molecule has 0 radical (unpaired) electrons. The first-order chi connectivity index (χ1) is 8.16. The Kier molecular flexibility index (Phi) is 3.18. The molecule has 0 atom stereocenters. The normalized spacial score (nSPS) is 10.4. The average Bonchev–Trinajstić information content (AvgIpc) is 2.69. The minimum absolute atomic E-state index is 0.0946. The summed E-state index contributed by atoms with van der Waals surface area (Å²) in [5.41, 5.74) is 1.76. The first-order valence-electron chi connectivity index (χ1n) is 5.31. The number of aliphatic carboxylic acids is 1. The monoisotopic (exact) mass is 231 g/mol. The molecule has 0 aliphatic rings. The van der Waals surface area contributed by atoms with E-state index in [2.05, 4.69) is 9.97 Å². The summed E-state index contributed by atoms with van der Waals surface area (Å²) in [6.07, 6.45) is 5.86. The Balaban J connectivity index is 2.22. The van der Waals surface area contributed by atoms with E-state index in [1.807, 2.05) is 29.9 Å². The third kappa shape index (κ3) is 2.69. The number of carboxylic acids is 1. The Bertz CT molecular complexity index is 520.